The molecule has 1 aromatic heterocycles. The summed E-state index contributed by atoms with van der Waals surface area (Å²) >= 11 is 1.85. The molecule has 2 heterocycles. The Kier molecular flexibility index (Phi) is 4.60. The first-order valence-corrected chi connectivity index (χ1v) is 7.51. The first kappa shape index (κ1) is 13.1. The normalized spacial score (nSPS) is 26.3. The molecule has 1 aromatic rings. The second-order valence-electron chi connectivity index (χ2n) is 4.89. The van der Waals surface area contributed by atoms with E-state index in [1.165, 1.54) is 23.3 Å². The first-order chi connectivity index (χ1) is 8.24. The molecule has 0 radical (unpaired) electrons. The summed E-state index contributed by atoms with van der Waals surface area (Å²) in [6.45, 7) is 8.66. The Morgan fingerprint density at radius 1 is 1.59 bits per heavy atom. The van der Waals surface area contributed by atoms with Gasteiger partial charge in [-0.25, -0.2) is 0 Å². The van der Waals surface area contributed by atoms with Gasteiger partial charge in [-0.15, -0.1) is 11.3 Å². The number of rotatable bonds is 5. The molecule has 0 aliphatic carbocycles. The fourth-order valence-electron chi connectivity index (χ4n) is 2.70. The molecule has 0 amide bonds. The topological polar surface area (TPSA) is 21.3 Å². The predicted molar refractivity (Wildman–Crippen MR) is 73.6 cm³/mol. The summed E-state index contributed by atoms with van der Waals surface area (Å²) in [5.74, 6) is 0.620. The van der Waals surface area contributed by atoms with Gasteiger partial charge in [-0.2, -0.15) is 0 Å². The van der Waals surface area contributed by atoms with Gasteiger partial charge >= 0.3 is 0 Å². The van der Waals surface area contributed by atoms with Gasteiger partial charge in [0, 0.05) is 23.4 Å². The average Bonchev–Trinajstić information content (AvgIpc) is 2.90. The van der Waals surface area contributed by atoms with Crippen LogP contribution in [0.1, 0.15) is 43.2 Å². The van der Waals surface area contributed by atoms with Crippen LogP contribution in [0.4, 0.5) is 0 Å². The maximum absolute atomic E-state index is 5.73. The highest BCUT2D eigenvalue weighted by molar-refractivity contribution is 7.10. The zero-order valence-electron chi connectivity index (χ0n) is 11.0. The van der Waals surface area contributed by atoms with Gasteiger partial charge in [-0.05, 0) is 50.2 Å². The second kappa shape index (κ2) is 5.98. The molecule has 0 bridgehead atoms. The molecular weight excluding hydrogens is 230 g/mol. The molecule has 3 unspecified atom stereocenters. The minimum atomic E-state index is 0.378. The van der Waals surface area contributed by atoms with Crippen molar-refractivity contribution in [2.24, 2.45) is 5.92 Å². The lowest BCUT2D eigenvalue weighted by Gasteiger charge is -2.27. The summed E-state index contributed by atoms with van der Waals surface area (Å²) in [5.41, 5.74) is 1.48. The van der Waals surface area contributed by atoms with E-state index in [0.717, 1.165) is 13.2 Å². The molecule has 17 heavy (non-hydrogen) atoms. The Labute approximate surface area is 108 Å². The van der Waals surface area contributed by atoms with Crippen LogP contribution in [-0.2, 0) is 4.74 Å². The van der Waals surface area contributed by atoms with Crippen molar-refractivity contribution in [3.8, 4) is 0 Å². The molecule has 96 valence electrons. The minimum Gasteiger partial charge on any atom is -0.378 e. The molecular formula is C14H23NOS. The largest absolute Gasteiger partial charge is 0.378 e. The summed E-state index contributed by atoms with van der Waals surface area (Å²) in [5, 5.41) is 5.91. The zero-order valence-corrected chi connectivity index (χ0v) is 11.8. The summed E-state index contributed by atoms with van der Waals surface area (Å²) in [7, 11) is 0. The van der Waals surface area contributed by atoms with Crippen LogP contribution in [0, 0.1) is 12.8 Å². The van der Waals surface area contributed by atoms with Crippen molar-refractivity contribution in [2.45, 2.75) is 45.8 Å². The number of aryl methyl sites for hydroxylation is 1. The van der Waals surface area contributed by atoms with Crippen LogP contribution in [-0.4, -0.2) is 19.3 Å². The molecule has 1 saturated heterocycles. The average molecular weight is 253 g/mol. The van der Waals surface area contributed by atoms with E-state index < -0.39 is 0 Å². The van der Waals surface area contributed by atoms with Crippen molar-refractivity contribution in [3.63, 3.8) is 0 Å². The van der Waals surface area contributed by atoms with E-state index in [-0.39, 0.29) is 0 Å². The third-order valence-corrected chi connectivity index (χ3v) is 4.57. The number of thiophene rings is 1. The van der Waals surface area contributed by atoms with Crippen LogP contribution in [0.2, 0.25) is 0 Å². The summed E-state index contributed by atoms with van der Waals surface area (Å²) in [6.07, 6.45) is 2.74. The van der Waals surface area contributed by atoms with Gasteiger partial charge in [-0.1, -0.05) is 6.92 Å². The molecule has 0 spiro atoms. The Bertz CT molecular complexity index is 350. The van der Waals surface area contributed by atoms with Crippen molar-refractivity contribution in [3.05, 3.63) is 21.9 Å². The van der Waals surface area contributed by atoms with Crippen LogP contribution >= 0.6 is 11.3 Å². The van der Waals surface area contributed by atoms with Gasteiger partial charge in [0.15, 0.2) is 0 Å². The first-order valence-electron chi connectivity index (χ1n) is 6.63. The molecule has 2 rings (SSSR count). The van der Waals surface area contributed by atoms with Gasteiger partial charge in [0.05, 0.1) is 6.10 Å². The minimum absolute atomic E-state index is 0.378. The third kappa shape index (κ3) is 2.90. The molecule has 1 aliphatic rings. The summed E-state index contributed by atoms with van der Waals surface area (Å²) < 4.78 is 5.73. The van der Waals surface area contributed by atoms with Gasteiger partial charge in [0.25, 0.3) is 0 Å². The number of hydrogen-bond acceptors (Lipinski definition) is 3. The predicted octanol–water partition coefficient (Wildman–Crippen LogP) is 3.52. The van der Waals surface area contributed by atoms with E-state index in [0.29, 0.717) is 18.1 Å². The lowest BCUT2D eigenvalue weighted by Crippen LogP contribution is -2.32. The molecule has 1 fully saturated rings. The van der Waals surface area contributed by atoms with Crippen LogP contribution < -0.4 is 5.32 Å². The smallest absolute Gasteiger partial charge is 0.0594 e. The monoisotopic (exact) mass is 253 g/mol. The van der Waals surface area contributed by atoms with Gasteiger partial charge in [0.2, 0.25) is 0 Å². The van der Waals surface area contributed by atoms with Crippen LogP contribution in [0.3, 0.4) is 0 Å². The maximum atomic E-state index is 5.73. The molecule has 1 aliphatic heterocycles. The highest BCUT2D eigenvalue weighted by atomic mass is 32.1. The highest BCUT2D eigenvalue weighted by Gasteiger charge is 2.33. The van der Waals surface area contributed by atoms with Crippen LogP contribution in [0.15, 0.2) is 11.4 Å². The van der Waals surface area contributed by atoms with E-state index >= 15 is 0 Å². The van der Waals surface area contributed by atoms with Crippen molar-refractivity contribution >= 4 is 11.3 Å². The number of ether oxygens (including phenoxy) is 1. The van der Waals surface area contributed by atoms with Crippen molar-refractivity contribution in [1.82, 2.24) is 5.32 Å². The van der Waals surface area contributed by atoms with Crippen molar-refractivity contribution in [2.75, 3.05) is 13.2 Å². The third-order valence-electron chi connectivity index (χ3n) is 3.71. The quantitative estimate of drug-likeness (QED) is 0.867. The Balaban J connectivity index is 2.15. The van der Waals surface area contributed by atoms with Gasteiger partial charge in [-0.3, -0.25) is 0 Å². The van der Waals surface area contributed by atoms with Crippen LogP contribution in [0.25, 0.3) is 0 Å². The molecule has 3 atom stereocenters. The molecule has 2 nitrogen and oxygen atoms in total. The molecule has 0 saturated carbocycles. The molecule has 0 aromatic carbocycles. The fourth-order valence-corrected chi connectivity index (χ4v) is 3.45. The molecule has 1 N–H and O–H groups in total. The lowest BCUT2D eigenvalue weighted by molar-refractivity contribution is 0.0953. The van der Waals surface area contributed by atoms with E-state index in [2.05, 4.69) is 37.5 Å². The summed E-state index contributed by atoms with van der Waals surface area (Å²) in [6, 6.07) is 2.75. The van der Waals surface area contributed by atoms with E-state index in [4.69, 9.17) is 4.74 Å². The fraction of sp³-hybridized carbons (Fsp3) is 0.714. The van der Waals surface area contributed by atoms with E-state index in [1.807, 2.05) is 11.3 Å². The van der Waals surface area contributed by atoms with E-state index in [9.17, 15) is 0 Å². The highest BCUT2D eigenvalue weighted by Crippen LogP contribution is 2.36. The van der Waals surface area contributed by atoms with Crippen LogP contribution in [0.5, 0.6) is 0 Å². The molecule has 3 heteroatoms. The van der Waals surface area contributed by atoms with Gasteiger partial charge < -0.3 is 10.1 Å². The van der Waals surface area contributed by atoms with Crippen molar-refractivity contribution < 1.29 is 4.74 Å². The Morgan fingerprint density at radius 2 is 2.41 bits per heavy atom. The zero-order chi connectivity index (χ0) is 12.3. The van der Waals surface area contributed by atoms with E-state index in [1.54, 1.807) is 0 Å². The second-order valence-corrected chi connectivity index (χ2v) is 6.01. The SMILES string of the molecule is CCCNC(c1ccsc1C)C1CCOC1C. The number of hydrogen-bond donors (Lipinski definition) is 1. The number of nitrogens with one attached hydrogen (secondary N) is 1. The maximum Gasteiger partial charge on any atom is 0.0594 e. The van der Waals surface area contributed by atoms with Gasteiger partial charge in [0.1, 0.15) is 0 Å². The Morgan fingerprint density at radius 3 is 2.94 bits per heavy atom. The summed E-state index contributed by atoms with van der Waals surface area (Å²) in [4.78, 5) is 1.44. The standard InChI is InChI=1S/C14H23NOS/c1-4-7-15-14(12-5-8-16-10(12)2)13-6-9-17-11(13)3/h6,9-10,12,14-15H,4-5,7-8H2,1-3H3. The Hall–Kier alpha value is -0.380. The lowest BCUT2D eigenvalue weighted by atomic mass is 9.88. The van der Waals surface area contributed by atoms with Crippen molar-refractivity contribution in [1.29, 1.82) is 0 Å².